The Kier molecular flexibility index (Phi) is 6.04. The highest BCUT2D eigenvalue weighted by Crippen LogP contribution is 2.45. The minimum Gasteiger partial charge on any atom is -0.507 e. The molecule has 0 bridgehead atoms. The van der Waals surface area contributed by atoms with Gasteiger partial charge in [0.1, 0.15) is 5.75 Å². The summed E-state index contributed by atoms with van der Waals surface area (Å²) in [7, 11) is 0. The number of aromatic hydroxyl groups is 1. The Labute approximate surface area is 154 Å². The maximum atomic E-state index is 11.3. The molecular formula is C23H26O3. The van der Waals surface area contributed by atoms with E-state index in [1.54, 1.807) is 18.2 Å². The second-order valence-electron chi connectivity index (χ2n) is 5.78. The van der Waals surface area contributed by atoms with Crippen molar-refractivity contribution in [3.05, 3.63) is 64.7 Å². The fourth-order valence-electron chi connectivity index (χ4n) is 3.46. The minimum atomic E-state index is -0.914. The SMILES string of the molecule is CC.CC.Cc1cc(C(=O)O)cc2c1Cc1cc(O)c3ccccc3c1-2. The van der Waals surface area contributed by atoms with Crippen molar-refractivity contribution in [1.82, 2.24) is 0 Å². The van der Waals surface area contributed by atoms with Crippen molar-refractivity contribution in [3.8, 4) is 16.9 Å². The van der Waals surface area contributed by atoms with Crippen molar-refractivity contribution >= 4 is 16.7 Å². The van der Waals surface area contributed by atoms with Gasteiger partial charge < -0.3 is 10.2 Å². The minimum absolute atomic E-state index is 0.276. The van der Waals surface area contributed by atoms with Gasteiger partial charge in [-0.25, -0.2) is 4.79 Å². The van der Waals surface area contributed by atoms with Crippen LogP contribution in [0.15, 0.2) is 42.5 Å². The first-order valence-electron chi connectivity index (χ1n) is 9.17. The Bertz CT molecular complexity index is 955. The van der Waals surface area contributed by atoms with Gasteiger partial charge in [0, 0.05) is 5.39 Å². The van der Waals surface area contributed by atoms with Gasteiger partial charge >= 0.3 is 5.97 Å². The zero-order chi connectivity index (χ0) is 19.4. The number of hydrogen-bond acceptors (Lipinski definition) is 2. The van der Waals surface area contributed by atoms with Crippen LogP contribution in [0.25, 0.3) is 21.9 Å². The molecule has 0 fully saturated rings. The molecule has 1 aliphatic carbocycles. The molecule has 136 valence electrons. The molecule has 0 amide bonds. The average molecular weight is 350 g/mol. The fourth-order valence-corrected chi connectivity index (χ4v) is 3.46. The van der Waals surface area contributed by atoms with Gasteiger partial charge in [-0.2, -0.15) is 0 Å². The largest absolute Gasteiger partial charge is 0.507 e. The van der Waals surface area contributed by atoms with Crippen LogP contribution in [0.1, 0.15) is 54.7 Å². The predicted octanol–water partition coefficient (Wildman–Crippen LogP) is 6.18. The first-order chi connectivity index (χ1) is 12.6. The number of aromatic carboxylic acids is 1. The van der Waals surface area contributed by atoms with Gasteiger partial charge in [-0.1, -0.05) is 52.0 Å². The van der Waals surface area contributed by atoms with E-state index in [1.165, 1.54) is 0 Å². The lowest BCUT2D eigenvalue weighted by Crippen LogP contribution is -1.99. The maximum Gasteiger partial charge on any atom is 0.335 e. The zero-order valence-electron chi connectivity index (χ0n) is 16.1. The molecule has 3 nitrogen and oxygen atoms in total. The summed E-state index contributed by atoms with van der Waals surface area (Å²) in [4.78, 5) is 11.3. The number of hydrogen-bond donors (Lipinski definition) is 2. The van der Waals surface area contributed by atoms with Crippen molar-refractivity contribution < 1.29 is 15.0 Å². The third-order valence-corrected chi connectivity index (χ3v) is 4.46. The Morgan fingerprint density at radius 1 is 0.962 bits per heavy atom. The normalized spacial score (nSPS) is 10.8. The Balaban J connectivity index is 0.000000570. The van der Waals surface area contributed by atoms with E-state index in [9.17, 15) is 15.0 Å². The third-order valence-electron chi connectivity index (χ3n) is 4.46. The van der Waals surface area contributed by atoms with Gasteiger partial charge in [0.2, 0.25) is 0 Å². The maximum absolute atomic E-state index is 11.3. The summed E-state index contributed by atoms with van der Waals surface area (Å²) in [5.41, 5.74) is 5.52. The number of fused-ring (bicyclic) bond motifs is 5. The highest BCUT2D eigenvalue weighted by Gasteiger charge is 2.25. The molecule has 3 aromatic carbocycles. The summed E-state index contributed by atoms with van der Waals surface area (Å²) in [6, 6.07) is 13.0. The molecule has 3 aromatic rings. The van der Waals surface area contributed by atoms with Crippen LogP contribution < -0.4 is 0 Å². The molecule has 0 aliphatic heterocycles. The van der Waals surface area contributed by atoms with E-state index < -0.39 is 5.97 Å². The monoisotopic (exact) mass is 350 g/mol. The summed E-state index contributed by atoms with van der Waals surface area (Å²) < 4.78 is 0. The van der Waals surface area contributed by atoms with Crippen molar-refractivity contribution in [1.29, 1.82) is 0 Å². The summed E-state index contributed by atoms with van der Waals surface area (Å²) in [5.74, 6) is -0.638. The first kappa shape index (κ1) is 19.5. The zero-order valence-corrected chi connectivity index (χ0v) is 16.1. The van der Waals surface area contributed by atoms with Gasteiger partial charge in [-0.3, -0.25) is 0 Å². The quantitative estimate of drug-likeness (QED) is 0.431. The van der Waals surface area contributed by atoms with Crippen LogP contribution in [0, 0.1) is 6.92 Å². The van der Waals surface area contributed by atoms with Crippen LogP contribution in [0.4, 0.5) is 0 Å². The van der Waals surface area contributed by atoms with Crippen LogP contribution in [0.3, 0.4) is 0 Å². The molecule has 2 N–H and O–H groups in total. The molecule has 0 saturated heterocycles. The van der Waals surface area contributed by atoms with Gasteiger partial charge in [0.25, 0.3) is 0 Å². The number of phenolic OH excluding ortho intramolecular Hbond substituents is 1. The molecule has 4 rings (SSSR count). The van der Waals surface area contributed by atoms with E-state index in [1.807, 2.05) is 58.9 Å². The van der Waals surface area contributed by atoms with Crippen LogP contribution >= 0.6 is 0 Å². The smallest absolute Gasteiger partial charge is 0.335 e. The average Bonchev–Trinajstić information content (AvgIpc) is 3.04. The summed E-state index contributed by atoms with van der Waals surface area (Å²) in [6.07, 6.45) is 0.731. The first-order valence-corrected chi connectivity index (χ1v) is 9.17. The highest BCUT2D eigenvalue weighted by molar-refractivity contribution is 6.05. The van der Waals surface area contributed by atoms with E-state index >= 15 is 0 Å². The molecule has 3 heteroatoms. The lowest BCUT2D eigenvalue weighted by Gasteiger charge is -2.10. The lowest BCUT2D eigenvalue weighted by atomic mass is 9.95. The molecule has 0 aromatic heterocycles. The molecule has 26 heavy (non-hydrogen) atoms. The number of phenols is 1. The van der Waals surface area contributed by atoms with Crippen LogP contribution in [-0.4, -0.2) is 16.2 Å². The number of aryl methyl sites for hydroxylation is 1. The summed E-state index contributed by atoms with van der Waals surface area (Å²) >= 11 is 0. The van der Waals surface area contributed by atoms with Crippen molar-refractivity contribution in [2.24, 2.45) is 0 Å². The van der Waals surface area contributed by atoms with E-state index in [-0.39, 0.29) is 5.75 Å². The molecule has 1 aliphatic rings. The van der Waals surface area contributed by atoms with Crippen molar-refractivity contribution in [2.75, 3.05) is 0 Å². The fraction of sp³-hybridized carbons (Fsp3) is 0.261. The van der Waals surface area contributed by atoms with Crippen molar-refractivity contribution in [3.63, 3.8) is 0 Å². The highest BCUT2D eigenvalue weighted by atomic mass is 16.4. The molecule has 0 saturated carbocycles. The van der Waals surface area contributed by atoms with E-state index in [0.717, 1.165) is 45.0 Å². The Hall–Kier alpha value is -2.81. The summed E-state index contributed by atoms with van der Waals surface area (Å²) in [6.45, 7) is 9.94. The van der Waals surface area contributed by atoms with Crippen LogP contribution in [-0.2, 0) is 6.42 Å². The van der Waals surface area contributed by atoms with Crippen LogP contribution in [0.2, 0.25) is 0 Å². The lowest BCUT2D eigenvalue weighted by molar-refractivity contribution is 0.0697. The molecule has 0 heterocycles. The topological polar surface area (TPSA) is 57.5 Å². The number of carbonyl (C=O) groups is 1. The third kappa shape index (κ3) is 3.17. The van der Waals surface area contributed by atoms with Gasteiger partial charge in [0.05, 0.1) is 5.56 Å². The van der Waals surface area contributed by atoms with Crippen molar-refractivity contribution in [2.45, 2.75) is 41.0 Å². The van der Waals surface area contributed by atoms with Gasteiger partial charge in [0.15, 0.2) is 0 Å². The van der Waals surface area contributed by atoms with Gasteiger partial charge in [-0.15, -0.1) is 0 Å². The molecule has 0 atom stereocenters. The standard InChI is InChI=1S/C19H14O3.2C2H6/c1-10-6-12(19(21)22)8-16-15(10)7-11-9-17(20)13-4-2-3-5-14(13)18(11)16;2*1-2/h2-6,8-9,20H,7H2,1H3,(H,21,22);2*1-2H3. The number of benzene rings is 3. The van der Waals surface area contributed by atoms with E-state index in [2.05, 4.69) is 0 Å². The Morgan fingerprint density at radius 2 is 1.58 bits per heavy atom. The molecular weight excluding hydrogens is 324 g/mol. The van der Waals surface area contributed by atoms with Crippen LogP contribution in [0.5, 0.6) is 5.75 Å². The molecule has 0 spiro atoms. The predicted molar refractivity (Wildman–Crippen MR) is 108 cm³/mol. The second kappa shape index (κ2) is 8.05. The van der Waals surface area contributed by atoms with E-state index in [0.29, 0.717) is 5.56 Å². The number of carboxylic acids is 1. The Morgan fingerprint density at radius 3 is 2.19 bits per heavy atom. The molecule has 0 radical (unpaired) electrons. The second-order valence-corrected chi connectivity index (χ2v) is 5.78. The summed E-state index contributed by atoms with van der Waals surface area (Å²) in [5, 5.41) is 21.3. The van der Waals surface area contributed by atoms with Gasteiger partial charge in [-0.05, 0) is 64.7 Å². The number of rotatable bonds is 1. The van der Waals surface area contributed by atoms with E-state index in [4.69, 9.17) is 0 Å². The molecule has 0 unspecified atom stereocenters. The number of carboxylic acid groups (broad SMARTS) is 1.